The highest BCUT2D eigenvalue weighted by atomic mass is 35.6. The summed E-state index contributed by atoms with van der Waals surface area (Å²) in [5.41, 5.74) is -0.336. The molecule has 1 rings (SSSR count). The molecular weight excluding hydrogens is 224 g/mol. The normalized spacial score (nSPS) is 19.7. The minimum absolute atomic E-state index is 0.0880. The van der Waals surface area contributed by atoms with E-state index in [0.717, 1.165) is 0 Å². The van der Waals surface area contributed by atoms with Crippen LogP contribution in [0.3, 0.4) is 0 Å². The first-order chi connectivity index (χ1) is 6.41. The second-order valence-corrected chi connectivity index (χ2v) is 7.47. The van der Waals surface area contributed by atoms with Gasteiger partial charge in [0.15, 0.2) is 0 Å². The van der Waals surface area contributed by atoms with Crippen LogP contribution in [0.4, 0.5) is 4.79 Å². The van der Waals surface area contributed by atoms with Gasteiger partial charge in [0, 0.05) is 25.2 Å². The van der Waals surface area contributed by atoms with Gasteiger partial charge in [-0.25, -0.2) is 4.79 Å². The van der Waals surface area contributed by atoms with Gasteiger partial charge in [0.25, 0.3) is 0 Å². The maximum absolute atomic E-state index is 11.1. The van der Waals surface area contributed by atoms with Gasteiger partial charge >= 0.3 is 13.9 Å². The van der Waals surface area contributed by atoms with Crippen LogP contribution in [-0.4, -0.2) is 48.0 Å². The number of hydrogen-bond donors (Lipinski definition) is 3. The molecule has 0 aromatic heterocycles. The van der Waals surface area contributed by atoms with E-state index in [1.165, 1.54) is 0 Å². The Bertz CT molecular complexity index is 221. The van der Waals surface area contributed by atoms with Crippen molar-refractivity contribution in [1.82, 2.24) is 10.2 Å². The fourth-order valence-corrected chi connectivity index (χ4v) is 2.08. The summed E-state index contributed by atoms with van der Waals surface area (Å²) in [7, 11) is -3.54. The summed E-state index contributed by atoms with van der Waals surface area (Å²) >= 11 is 5.44. The molecular formula is C7H15ClN2O3Si. The minimum atomic E-state index is -3.54. The first kappa shape index (κ1) is 11.8. The average molecular weight is 239 g/mol. The molecule has 14 heavy (non-hydrogen) atoms. The lowest BCUT2D eigenvalue weighted by Crippen LogP contribution is -2.36. The van der Waals surface area contributed by atoms with Crippen molar-refractivity contribution in [3.63, 3.8) is 0 Å². The summed E-state index contributed by atoms with van der Waals surface area (Å²) in [5, 5.41) is 2.67. The number of nitrogens with zero attached hydrogens (tertiary/aromatic N) is 1. The Labute approximate surface area is 88.6 Å². The first-order valence-corrected chi connectivity index (χ1v) is 7.56. The fourth-order valence-electron chi connectivity index (χ4n) is 1.26. The van der Waals surface area contributed by atoms with Crippen molar-refractivity contribution in [3.8, 4) is 0 Å². The summed E-state index contributed by atoms with van der Waals surface area (Å²) in [4.78, 5) is 31.1. The quantitative estimate of drug-likeness (QED) is 0.475. The largest absolute Gasteiger partial charge is 0.440 e. The predicted octanol–water partition coefficient (Wildman–Crippen LogP) is -0.0459. The van der Waals surface area contributed by atoms with Gasteiger partial charge < -0.3 is 19.8 Å². The zero-order valence-corrected chi connectivity index (χ0v) is 9.79. The summed E-state index contributed by atoms with van der Waals surface area (Å²) in [6.45, 7) is 3.55. The van der Waals surface area contributed by atoms with E-state index in [1.54, 1.807) is 11.8 Å². The highest BCUT2D eigenvalue weighted by molar-refractivity contribution is 7.12. The molecule has 1 unspecified atom stereocenters. The molecule has 7 heteroatoms. The number of nitrogens with one attached hydrogen (secondary N) is 1. The van der Waals surface area contributed by atoms with Gasteiger partial charge in [-0.15, -0.1) is 0 Å². The van der Waals surface area contributed by atoms with Gasteiger partial charge in [-0.1, -0.05) is 18.0 Å². The zero-order chi connectivity index (χ0) is 10.8. The SMILES string of the molecule is CC(CCN1CCNC1=O)[Si](O)(O)Cl. The molecule has 2 amide bonds. The van der Waals surface area contributed by atoms with E-state index < -0.39 is 7.87 Å². The predicted molar refractivity (Wildman–Crippen MR) is 55.1 cm³/mol. The molecule has 0 bridgehead atoms. The Kier molecular flexibility index (Phi) is 3.76. The van der Waals surface area contributed by atoms with Crippen molar-refractivity contribution in [1.29, 1.82) is 0 Å². The lowest BCUT2D eigenvalue weighted by Gasteiger charge is -2.21. The zero-order valence-electron chi connectivity index (χ0n) is 8.03. The molecule has 0 aliphatic carbocycles. The van der Waals surface area contributed by atoms with E-state index in [4.69, 9.17) is 20.7 Å². The molecule has 1 aliphatic rings. The molecule has 5 nitrogen and oxygen atoms in total. The van der Waals surface area contributed by atoms with Crippen molar-refractivity contribution >= 4 is 25.0 Å². The number of carbonyl (C=O) groups excluding carboxylic acids is 1. The van der Waals surface area contributed by atoms with E-state index in [0.29, 0.717) is 26.1 Å². The first-order valence-electron chi connectivity index (χ1n) is 4.57. The summed E-state index contributed by atoms with van der Waals surface area (Å²) in [5.74, 6) is 0. The lowest BCUT2D eigenvalue weighted by molar-refractivity contribution is 0.216. The van der Waals surface area contributed by atoms with E-state index in [9.17, 15) is 4.79 Å². The van der Waals surface area contributed by atoms with Gasteiger partial charge in [-0.3, -0.25) is 0 Å². The van der Waals surface area contributed by atoms with Crippen LogP contribution in [0, 0.1) is 0 Å². The van der Waals surface area contributed by atoms with Crippen LogP contribution in [0.2, 0.25) is 5.54 Å². The second-order valence-electron chi connectivity index (χ2n) is 3.55. The van der Waals surface area contributed by atoms with Crippen molar-refractivity contribution < 1.29 is 14.4 Å². The van der Waals surface area contributed by atoms with Crippen LogP contribution in [0.5, 0.6) is 0 Å². The van der Waals surface area contributed by atoms with Gasteiger partial charge in [0.1, 0.15) is 0 Å². The molecule has 1 fully saturated rings. The molecule has 0 aromatic carbocycles. The van der Waals surface area contributed by atoms with E-state index >= 15 is 0 Å². The third kappa shape index (κ3) is 3.12. The number of halogens is 1. The van der Waals surface area contributed by atoms with Crippen molar-refractivity contribution in [2.75, 3.05) is 19.6 Å². The highest BCUT2D eigenvalue weighted by Crippen LogP contribution is 2.23. The van der Waals surface area contributed by atoms with Crippen molar-refractivity contribution in [2.45, 2.75) is 18.9 Å². The number of amides is 2. The van der Waals surface area contributed by atoms with Crippen LogP contribution in [0.15, 0.2) is 0 Å². The third-order valence-electron chi connectivity index (χ3n) is 2.40. The van der Waals surface area contributed by atoms with Gasteiger partial charge in [0.2, 0.25) is 0 Å². The Hall–Kier alpha value is -0.303. The summed E-state index contributed by atoms with van der Waals surface area (Å²) in [6, 6.07) is -0.0880. The molecule has 1 aliphatic heterocycles. The van der Waals surface area contributed by atoms with Crippen molar-refractivity contribution in [2.24, 2.45) is 0 Å². The Balaban J connectivity index is 2.30. The number of urea groups is 1. The Morgan fingerprint density at radius 3 is 2.79 bits per heavy atom. The van der Waals surface area contributed by atoms with Crippen molar-refractivity contribution in [3.05, 3.63) is 0 Å². The van der Waals surface area contributed by atoms with Crippen LogP contribution >= 0.6 is 11.1 Å². The van der Waals surface area contributed by atoms with Crippen LogP contribution in [0.1, 0.15) is 13.3 Å². The molecule has 1 atom stereocenters. The van der Waals surface area contributed by atoms with Gasteiger partial charge in [-0.05, 0) is 6.42 Å². The minimum Gasteiger partial charge on any atom is -0.399 e. The van der Waals surface area contributed by atoms with Crippen LogP contribution in [0.25, 0.3) is 0 Å². The number of carbonyl (C=O) groups is 1. The molecule has 3 N–H and O–H groups in total. The van der Waals surface area contributed by atoms with Crippen LogP contribution in [-0.2, 0) is 0 Å². The topological polar surface area (TPSA) is 72.8 Å². The van der Waals surface area contributed by atoms with Gasteiger partial charge in [-0.2, -0.15) is 0 Å². The highest BCUT2D eigenvalue weighted by Gasteiger charge is 2.35. The molecule has 0 aromatic rings. The molecule has 0 saturated carbocycles. The third-order valence-corrected chi connectivity index (χ3v) is 5.06. The van der Waals surface area contributed by atoms with Crippen LogP contribution < -0.4 is 5.32 Å². The van der Waals surface area contributed by atoms with E-state index in [2.05, 4.69) is 5.32 Å². The Morgan fingerprint density at radius 1 is 1.71 bits per heavy atom. The van der Waals surface area contributed by atoms with E-state index in [1.807, 2.05) is 0 Å². The molecule has 0 spiro atoms. The fraction of sp³-hybridized carbons (Fsp3) is 0.857. The monoisotopic (exact) mass is 238 g/mol. The summed E-state index contributed by atoms with van der Waals surface area (Å²) in [6.07, 6.45) is 0.524. The maximum atomic E-state index is 11.1. The average Bonchev–Trinajstić information content (AvgIpc) is 2.45. The smallest absolute Gasteiger partial charge is 0.399 e. The number of hydrogen-bond acceptors (Lipinski definition) is 3. The standard InChI is InChI=1S/C7H15ClN2O3Si/c1-6(14(8,12)13)2-4-10-5-3-9-7(10)11/h6,12-13H,2-5H2,1H3,(H,9,11). The maximum Gasteiger partial charge on any atom is 0.440 e. The molecule has 1 saturated heterocycles. The molecule has 82 valence electrons. The van der Waals surface area contributed by atoms with E-state index in [-0.39, 0.29) is 11.6 Å². The second kappa shape index (κ2) is 4.48. The molecule has 0 radical (unpaired) electrons. The lowest BCUT2D eigenvalue weighted by atomic mass is 10.3. The number of rotatable bonds is 4. The van der Waals surface area contributed by atoms with Gasteiger partial charge in [0.05, 0.1) is 0 Å². The Morgan fingerprint density at radius 2 is 2.36 bits per heavy atom. The summed E-state index contributed by atoms with van der Waals surface area (Å²) < 4.78 is 0. The molecule has 1 heterocycles.